The summed E-state index contributed by atoms with van der Waals surface area (Å²) in [4.78, 5) is 0. The molecule has 1 aliphatic carbocycles. The van der Waals surface area contributed by atoms with Gasteiger partial charge in [0.15, 0.2) is 0 Å². The zero-order chi connectivity index (χ0) is 17.1. The zero-order valence-electron chi connectivity index (χ0n) is 12.2. The van der Waals surface area contributed by atoms with Crippen molar-refractivity contribution in [2.75, 3.05) is 0 Å². The Kier molecular flexibility index (Phi) is 5.75. The van der Waals surface area contributed by atoms with Gasteiger partial charge in [0.05, 0.1) is 5.92 Å². The van der Waals surface area contributed by atoms with E-state index in [9.17, 15) is 21.6 Å². The second-order valence-electron chi connectivity index (χ2n) is 5.61. The maximum Gasteiger partial charge on any atom is 0.391 e. The smallest absolute Gasteiger partial charge is 0.209 e. The van der Waals surface area contributed by atoms with E-state index in [4.69, 9.17) is 11.6 Å². The van der Waals surface area contributed by atoms with Crippen molar-refractivity contribution >= 4 is 27.7 Å². The highest BCUT2D eigenvalue weighted by Crippen LogP contribution is 2.37. The number of hydrogen-bond acceptors (Lipinski definition) is 2. The van der Waals surface area contributed by atoms with Crippen LogP contribution in [-0.2, 0) is 10.0 Å². The van der Waals surface area contributed by atoms with E-state index in [1.54, 1.807) is 24.3 Å². The van der Waals surface area contributed by atoms with Crippen molar-refractivity contribution in [1.29, 1.82) is 0 Å². The molecule has 2 rings (SSSR count). The highest BCUT2D eigenvalue weighted by atomic mass is 35.5. The monoisotopic (exact) mass is 367 g/mol. The molecule has 0 heterocycles. The van der Waals surface area contributed by atoms with Crippen LogP contribution in [0.4, 0.5) is 13.2 Å². The average molecular weight is 368 g/mol. The third-order valence-electron chi connectivity index (χ3n) is 3.83. The minimum absolute atomic E-state index is 0.0441. The molecule has 1 aliphatic rings. The lowest BCUT2D eigenvalue weighted by Crippen LogP contribution is -2.39. The van der Waals surface area contributed by atoms with E-state index in [-0.39, 0.29) is 25.7 Å². The van der Waals surface area contributed by atoms with E-state index in [0.717, 1.165) is 5.41 Å². The fourth-order valence-electron chi connectivity index (χ4n) is 2.55. The molecular weight excluding hydrogens is 351 g/mol. The van der Waals surface area contributed by atoms with E-state index in [1.807, 2.05) is 0 Å². The predicted octanol–water partition coefficient (Wildman–Crippen LogP) is 4.35. The number of alkyl halides is 3. The third-order valence-corrected chi connectivity index (χ3v) is 5.24. The topological polar surface area (TPSA) is 46.2 Å². The minimum Gasteiger partial charge on any atom is -0.209 e. The van der Waals surface area contributed by atoms with Crippen LogP contribution in [-0.4, -0.2) is 20.6 Å². The summed E-state index contributed by atoms with van der Waals surface area (Å²) in [7, 11) is -3.69. The van der Waals surface area contributed by atoms with Crippen LogP contribution in [0.25, 0.3) is 6.08 Å². The lowest BCUT2D eigenvalue weighted by Gasteiger charge is -2.29. The first-order valence-corrected chi connectivity index (χ1v) is 9.11. The summed E-state index contributed by atoms with van der Waals surface area (Å²) >= 11 is 5.74. The fraction of sp³-hybridized carbons (Fsp3) is 0.467. The largest absolute Gasteiger partial charge is 0.391 e. The molecule has 128 valence electrons. The van der Waals surface area contributed by atoms with Crippen LogP contribution in [0.1, 0.15) is 31.2 Å². The minimum atomic E-state index is -4.20. The molecule has 0 saturated heterocycles. The molecule has 1 N–H and O–H groups in total. The van der Waals surface area contributed by atoms with Gasteiger partial charge in [0.25, 0.3) is 0 Å². The van der Waals surface area contributed by atoms with Gasteiger partial charge in [-0.2, -0.15) is 13.2 Å². The second-order valence-corrected chi connectivity index (χ2v) is 7.64. The number of rotatable bonds is 4. The van der Waals surface area contributed by atoms with Crippen LogP contribution in [0.3, 0.4) is 0 Å². The first-order valence-electron chi connectivity index (χ1n) is 7.18. The van der Waals surface area contributed by atoms with Gasteiger partial charge in [-0.05, 0) is 49.5 Å². The number of halogens is 4. The molecule has 0 aliphatic heterocycles. The average Bonchev–Trinajstić information content (AvgIpc) is 2.46. The molecule has 0 bridgehead atoms. The molecule has 0 atom stereocenters. The molecule has 23 heavy (non-hydrogen) atoms. The van der Waals surface area contributed by atoms with Crippen molar-refractivity contribution < 1.29 is 21.6 Å². The maximum atomic E-state index is 12.6. The molecule has 0 spiro atoms. The summed E-state index contributed by atoms with van der Waals surface area (Å²) in [6.45, 7) is 0. The molecule has 1 aromatic carbocycles. The van der Waals surface area contributed by atoms with E-state index in [2.05, 4.69) is 4.72 Å². The Balaban J connectivity index is 1.91. The van der Waals surface area contributed by atoms with Gasteiger partial charge in [-0.25, -0.2) is 13.1 Å². The molecule has 3 nitrogen and oxygen atoms in total. The lowest BCUT2D eigenvalue weighted by atomic mass is 9.86. The molecular formula is C15H17ClF3NO2S. The Morgan fingerprint density at radius 2 is 1.65 bits per heavy atom. The summed E-state index contributed by atoms with van der Waals surface area (Å²) in [6.07, 6.45) is -2.48. The van der Waals surface area contributed by atoms with Crippen molar-refractivity contribution in [3.8, 4) is 0 Å². The van der Waals surface area contributed by atoms with Crippen molar-refractivity contribution in [3.05, 3.63) is 40.3 Å². The predicted molar refractivity (Wildman–Crippen MR) is 84.3 cm³/mol. The highest BCUT2D eigenvalue weighted by Gasteiger charge is 2.41. The third kappa shape index (κ3) is 5.82. The van der Waals surface area contributed by atoms with Gasteiger partial charge < -0.3 is 0 Å². The van der Waals surface area contributed by atoms with E-state index in [1.165, 1.54) is 6.08 Å². The summed E-state index contributed by atoms with van der Waals surface area (Å²) in [5, 5.41) is 1.57. The Morgan fingerprint density at radius 1 is 1.09 bits per heavy atom. The lowest BCUT2D eigenvalue weighted by molar-refractivity contribution is -0.182. The molecule has 1 fully saturated rings. The van der Waals surface area contributed by atoms with Crippen LogP contribution in [0.15, 0.2) is 29.7 Å². The van der Waals surface area contributed by atoms with Crippen LogP contribution < -0.4 is 4.72 Å². The first-order chi connectivity index (χ1) is 10.7. The maximum absolute atomic E-state index is 12.6. The van der Waals surface area contributed by atoms with Gasteiger partial charge in [0.2, 0.25) is 10.0 Å². The summed E-state index contributed by atoms with van der Waals surface area (Å²) in [6, 6.07) is 6.17. The van der Waals surface area contributed by atoms with Crippen molar-refractivity contribution in [3.63, 3.8) is 0 Å². The van der Waals surface area contributed by atoms with Gasteiger partial charge in [0.1, 0.15) is 0 Å². The second kappa shape index (κ2) is 7.23. The van der Waals surface area contributed by atoms with Crippen LogP contribution in [0.2, 0.25) is 5.02 Å². The molecule has 1 aromatic rings. The number of hydrogen-bond donors (Lipinski definition) is 1. The quantitative estimate of drug-likeness (QED) is 0.859. The molecule has 8 heteroatoms. The number of nitrogens with one attached hydrogen (secondary N) is 1. The van der Waals surface area contributed by atoms with E-state index < -0.39 is 28.2 Å². The Labute approximate surface area is 138 Å². The van der Waals surface area contributed by atoms with Crippen LogP contribution in [0, 0.1) is 5.92 Å². The SMILES string of the molecule is O=S(=O)(/C=C/c1ccc(Cl)cc1)NC1CCC(C(F)(F)F)CC1. The normalized spacial score (nSPS) is 23.3. The summed E-state index contributed by atoms with van der Waals surface area (Å²) in [5.74, 6) is -1.33. The standard InChI is InChI=1S/C15H17ClF3NO2S/c16-13-5-1-11(2-6-13)9-10-23(21,22)20-14-7-3-12(4-8-14)15(17,18)19/h1-2,5-6,9-10,12,14,20H,3-4,7-8H2/b10-9+. The first kappa shape index (κ1) is 18.3. The van der Waals surface area contributed by atoms with Crippen molar-refractivity contribution in [1.82, 2.24) is 4.72 Å². The van der Waals surface area contributed by atoms with Crippen molar-refractivity contribution in [2.24, 2.45) is 5.92 Å². The van der Waals surface area contributed by atoms with Gasteiger partial charge in [-0.1, -0.05) is 23.7 Å². The van der Waals surface area contributed by atoms with Gasteiger partial charge in [-0.15, -0.1) is 0 Å². The van der Waals surface area contributed by atoms with E-state index >= 15 is 0 Å². The Hall–Kier alpha value is -1.05. The van der Waals surface area contributed by atoms with Crippen molar-refractivity contribution in [2.45, 2.75) is 37.9 Å². The molecule has 0 amide bonds. The van der Waals surface area contributed by atoms with Crippen LogP contribution >= 0.6 is 11.6 Å². The number of benzene rings is 1. The van der Waals surface area contributed by atoms with Gasteiger partial charge in [-0.3, -0.25) is 0 Å². The Bertz CT molecular complexity index is 648. The fourth-order valence-corrected chi connectivity index (χ4v) is 3.79. The summed E-state index contributed by atoms with van der Waals surface area (Å²) in [5.41, 5.74) is 0.667. The molecule has 0 radical (unpaired) electrons. The number of sulfonamides is 1. The van der Waals surface area contributed by atoms with Gasteiger partial charge in [0, 0.05) is 16.5 Å². The zero-order valence-corrected chi connectivity index (χ0v) is 13.8. The molecule has 0 unspecified atom stereocenters. The van der Waals surface area contributed by atoms with Gasteiger partial charge >= 0.3 is 6.18 Å². The van der Waals surface area contributed by atoms with E-state index in [0.29, 0.717) is 10.6 Å². The summed E-state index contributed by atoms with van der Waals surface area (Å²) < 4.78 is 64.1. The van der Waals surface area contributed by atoms with Crippen LogP contribution in [0.5, 0.6) is 0 Å². The molecule has 1 saturated carbocycles. The Morgan fingerprint density at radius 3 is 2.17 bits per heavy atom. The highest BCUT2D eigenvalue weighted by molar-refractivity contribution is 7.92. The molecule has 0 aromatic heterocycles.